The lowest BCUT2D eigenvalue weighted by molar-refractivity contribution is -0.117. The van der Waals surface area contributed by atoms with Gasteiger partial charge >= 0.3 is 0 Å². The molecule has 5 heteroatoms. The Morgan fingerprint density at radius 1 is 1.08 bits per heavy atom. The van der Waals surface area contributed by atoms with Gasteiger partial charge in [-0.2, -0.15) is 0 Å². The lowest BCUT2D eigenvalue weighted by Crippen LogP contribution is -2.27. The first kappa shape index (κ1) is 14.6. The van der Waals surface area contributed by atoms with Gasteiger partial charge in [-0.1, -0.05) is 30.3 Å². The zero-order valence-electron chi connectivity index (χ0n) is 13.3. The topological polar surface area (TPSA) is 64.0 Å². The molecular weight excluding hydrogens is 302 g/mol. The Balaban J connectivity index is 1.83. The van der Waals surface area contributed by atoms with Gasteiger partial charge < -0.3 is 5.32 Å². The Morgan fingerprint density at radius 3 is 2.67 bits per heavy atom. The third kappa shape index (κ3) is 2.21. The van der Waals surface area contributed by atoms with Crippen molar-refractivity contribution >= 4 is 22.5 Å². The molecule has 120 valence electrons. The Labute approximate surface area is 139 Å². The van der Waals surface area contributed by atoms with Crippen LogP contribution in [0, 0.1) is 0 Å². The van der Waals surface area contributed by atoms with E-state index in [1.54, 1.807) is 10.6 Å². The molecule has 4 rings (SSSR count). The zero-order valence-corrected chi connectivity index (χ0v) is 13.3. The minimum atomic E-state index is -0.313. The summed E-state index contributed by atoms with van der Waals surface area (Å²) in [6.45, 7) is 2.45. The minimum absolute atomic E-state index is 0.0405. The third-order valence-corrected chi connectivity index (χ3v) is 4.55. The molecule has 0 saturated heterocycles. The number of nitrogens with one attached hydrogen (secondary N) is 1. The Kier molecular flexibility index (Phi) is 3.41. The van der Waals surface area contributed by atoms with E-state index in [0.717, 1.165) is 11.3 Å². The Morgan fingerprint density at radius 2 is 1.83 bits per heavy atom. The van der Waals surface area contributed by atoms with E-state index < -0.39 is 0 Å². The lowest BCUT2D eigenvalue weighted by atomic mass is 9.96. The summed E-state index contributed by atoms with van der Waals surface area (Å²) in [6, 6.07) is 15.0. The van der Waals surface area contributed by atoms with Gasteiger partial charge in [-0.25, -0.2) is 4.98 Å². The van der Waals surface area contributed by atoms with Crippen LogP contribution in [0.15, 0.2) is 53.3 Å². The molecule has 1 atom stereocenters. The van der Waals surface area contributed by atoms with Crippen molar-refractivity contribution in [1.29, 1.82) is 0 Å². The second-order valence-corrected chi connectivity index (χ2v) is 5.93. The summed E-state index contributed by atoms with van der Waals surface area (Å²) < 4.78 is 1.66. The summed E-state index contributed by atoms with van der Waals surface area (Å²) in [5.41, 5.74) is 2.44. The number of rotatable bonds is 3. The number of para-hydroxylation sites is 2. The molecule has 1 aliphatic heterocycles. The van der Waals surface area contributed by atoms with E-state index >= 15 is 0 Å². The van der Waals surface area contributed by atoms with Gasteiger partial charge in [-0.05, 0) is 30.7 Å². The summed E-state index contributed by atoms with van der Waals surface area (Å²) in [5.74, 6) is 0.298. The van der Waals surface area contributed by atoms with Crippen LogP contribution in [0.5, 0.6) is 0 Å². The highest BCUT2D eigenvalue weighted by Gasteiger charge is 2.31. The van der Waals surface area contributed by atoms with Crippen LogP contribution >= 0.6 is 0 Å². The van der Waals surface area contributed by atoms with Crippen LogP contribution in [0.25, 0.3) is 10.9 Å². The van der Waals surface area contributed by atoms with Crippen molar-refractivity contribution in [2.45, 2.75) is 25.8 Å². The second kappa shape index (κ2) is 5.60. The molecule has 0 fully saturated rings. The maximum absolute atomic E-state index is 12.7. The molecule has 1 aliphatic rings. The van der Waals surface area contributed by atoms with Crippen molar-refractivity contribution < 1.29 is 4.79 Å². The largest absolute Gasteiger partial charge is 0.325 e. The maximum atomic E-state index is 12.7. The van der Waals surface area contributed by atoms with E-state index in [9.17, 15) is 9.59 Å². The van der Waals surface area contributed by atoms with E-state index in [1.807, 2.05) is 49.4 Å². The smallest absolute Gasteiger partial charge is 0.261 e. The number of amides is 1. The molecule has 0 aliphatic carbocycles. The first-order valence-electron chi connectivity index (χ1n) is 8.07. The SMILES string of the molecule is CCn1c(C[C@H]2C(=O)Nc3ccccc32)nc2ccccc2c1=O. The van der Waals surface area contributed by atoms with Crippen LogP contribution in [-0.2, 0) is 17.8 Å². The first-order valence-corrected chi connectivity index (χ1v) is 8.07. The van der Waals surface area contributed by atoms with Crippen molar-refractivity contribution in [3.05, 3.63) is 70.3 Å². The van der Waals surface area contributed by atoms with E-state index in [2.05, 4.69) is 10.3 Å². The van der Waals surface area contributed by atoms with Crippen molar-refractivity contribution in [2.24, 2.45) is 0 Å². The summed E-state index contributed by atoms with van der Waals surface area (Å²) >= 11 is 0. The molecule has 0 radical (unpaired) electrons. The van der Waals surface area contributed by atoms with Gasteiger partial charge in [0, 0.05) is 18.7 Å². The number of hydrogen-bond donors (Lipinski definition) is 1. The van der Waals surface area contributed by atoms with Crippen LogP contribution in [0.1, 0.15) is 24.2 Å². The highest BCUT2D eigenvalue weighted by atomic mass is 16.2. The highest BCUT2D eigenvalue weighted by Crippen LogP contribution is 2.34. The van der Waals surface area contributed by atoms with Crippen molar-refractivity contribution in [2.75, 3.05) is 5.32 Å². The van der Waals surface area contributed by atoms with E-state index in [1.165, 1.54) is 0 Å². The number of nitrogens with zero attached hydrogens (tertiary/aromatic N) is 2. The lowest BCUT2D eigenvalue weighted by Gasteiger charge is -2.14. The van der Waals surface area contributed by atoms with Gasteiger partial charge in [0.15, 0.2) is 0 Å². The van der Waals surface area contributed by atoms with Gasteiger partial charge in [0.1, 0.15) is 5.82 Å². The van der Waals surface area contributed by atoms with Crippen LogP contribution < -0.4 is 10.9 Å². The normalized spacial score (nSPS) is 16.2. The predicted octanol–water partition coefficient (Wildman–Crippen LogP) is 2.69. The average Bonchev–Trinajstić information content (AvgIpc) is 2.91. The highest BCUT2D eigenvalue weighted by molar-refractivity contribution is 6.03. The zero-order chi connectivity index (χ0) is 16.7. The molecule has 0 bridgehead atoms. The molecule has 1 aromatic heterocycles. The molecule has 3 aromatic rings. The fourth-order valence-electron chi connectivity index (χ4n) is 3.36. The quantitative estimate of drug-likeness (QED) is 0.807. The Bertz CT molecular complexity index is 1010. The van der Waals surface area contributed by atoms with Gasteiger partial charge in [0.2, 0.25) is 5.91 Å². The number of aromatic nitrogens is 2. The monoisotopic (exact) mass is 319 g/mol. The van der Waals surface area contributed by atoms with E-state index in [0.29, 0.717) is 29.7 Å². The molecule has 1 amide bonds. The minimum Gasteiger partial charge on any atom is -0.325 e. The summed E-state index contributed by atoms with van der Waals surface area (Å²) in [5, 5.41) is 3.51. The van der Waals surface area contributed by atoms with E-state index in [4.69, 9.17) is 0 Å². The molecular formula is C19H17N3O2. The molecule has 1 N–H and O–H groups in total. The summed E-state index contributed by atoms with van der Waals surface area (Å²) in [6.07, 6.45) is 0.413. The molecule has 0 saturated carbocycles. The fraction of sp³-hybridized carbons (Fsp3) is 0.211. The molecule has 2 heterocycles. The molecule has 24 heavy (non-hydrogen) atoms. The predicted molar refractivity (Wildman–Crippen MR) is 93.2 cm³/mol. The summed E-state index contributed by atoms with van der Waals surface area (Å²) in [7, 11) is 0. The number of hydrogen-bond acceptors (Lipinski definition) is 3. The number of anilines is 1. The molecule has 5 nitrogen and oxygen atoms in total. The standard InChI is InChI=1S/C19H17N3O2/c1-2-22-17(20-16-10-6-4-8-13(16)19(22)24)11-14-12-7-3-5-9-15(12)21-18(14)23/h3-10,14H,2,11H2,1H3,(H,21,23)/t14-/m1/s1. The first-order chi connectivity index (χ1) is 11.7. The van der Waals surface area contributed by atoms with Crippen LogP contribution in [0.4, 0.5) is 5.69 Å². The molecule has 0 unspecified atom stereocenters. The second-order valence-electron chi connectivity index (χ2n) is 5.93. The fourth-order valence-corrected chi connectivity index (χ4v) is 3.36. The number of fused-ring (bicyclic) bond motifs is 2. The summed E-state index contributed by atoms with van der Waals surface area (Å²) in [4.78, 5) is 29.7. The molecule has 2 aromatic carbocycles. The third-order valence-electron chi connectivity index (χ3n) is 4.55. The van der Waals surface area contributed by atoms with Gasteiger partial charge in [-0.15, -0.1) is 0 Å². The van der Waals surface area contributed by atoms with Crippen molar-refractivity contribution in [3.8, 4) is 0 Å². The van der Waals surface area contributed by atoms with Gasteiger partial charge in [0.25, 0.3) is 5.56 Å². The van der Waals surface area contributed by atoms with E-state index in [-0.39, 0.29) is 17.4 Å². The van der Waals surface area contributed by atoms with Crippen LogP contribution in [0.2, 0.25) is 0 Å². The van der Waals surface area contributed by atoms with Crippen molar-refractivity contribution in [3.63, 3.8) is 0 Å². The van der Waals surface area contributed by atoms with Gasteiger partial charge in [0.05, 0.1) is 16.8 Å². The van der Waals surface area contributed by atoms with Crippen molar-refractivity contribution in [1.82, 2.24) is 9.55 Å². The Hall–Kier alpha value is -2.95. The number of carbonyl (C=O) groups excluding carboxylic acids is 1. The van der Waals surface area contributed by atoms with Crippen LogP contribution in [0.3, 0.4) is 0 Å². The number of benzene rings is 2. The van der Waals surface area contributed by atoms with Gasteiger partial charge in [-0.3, -0.25) is 14.2 Å². The number of carbonyl (C=O) groups is 1. The van der Waals surface area contributed by atoms with Crippen LogP contribution in [-0.4, -0.2) is 15.5 Å². The maximum Gasteiger partial charge on any atom is 0.261 e. The molecule has 0 spiro atoms. The average molecular weight is 319 g/mol.